The Balaban J connectivity index is 2.58. The molecule has 0 saturated heterocycles. The van der Waals surface area contributed by atoms with Crippen LogP contribution >= 0.6 is 0 Å². The van der Waals surface area contributed by atoms with Crippen LogP contribution in [0.25, 0.3) is 0 Å². The van der Waals surface area contributed by atoms with Crippen LogP contribution in [0.1, 0.15) is 19.3 Å². The van der Waals surface area contributed by atoms with Crippen LogP contribution in [0.3, 0.4) is 0 Å². The molecule has 12 heavy (non-hydrogen) atoms. The van der Waals surface area contributed by atoms with Crippen molar-refractivity contribution in [3.8, 4) is 0 Å². The molecule has 0 N–H and O–H groups in total. The van der Waals surface area contributed by atoms with E-state index in [2.05, 4.69) is 38.0 Å². The molecule has 3 atom stereocenters. The summed E-state index contributed by atoms with van der Waals surface area (Å²) >= 11 is 0. The van der Waals surface area contributed by atoms with Gasteiger partial charge in [-0.2, -0.15) is 0 Å². The lowest BCUT2D eigenvalue weighted by Crippen LogP contribution is -2.20. The first-order valence-corrected chi connectivity index (χ1v) is 4.69. The van der Waals surface area contributed by atoms with Gasteiger partial charge in [0.25, 0.3) is 0 Å². The maximum atomic E-state index is 3.87. The average molecular weight is 162 g/mol. The molecule has 0 radical (unpaired) electrons. The van der Waals surface area contributed by atoms with E-state index in [-0.39, 0.29) is 0 Å². The first-order chi connectivity index (χ1) is 5.81. The molecule has 1 unspecified atom stereocenters. The van der Waals surface area contributed by atoms with Gasteiger partial charge >= 0.3 is 0 Å². The quantitative estimate of drug-likeness (QED) is 0.556. The molecule has 0 heterocycles. The monoisotopic (exact) mass is 162 g/mol. The lowest BCUT2D eigenvalue weighted by molar-refractivity contribution is 0.288. The van der Waals surface area contributed by atoms with Crippen molar-refractivity contribution < 1.29 is 0 Å². The van der Waals surface area contributed by atoms with Crippen LogP contribution in [-0.4, -0.2) is 0 Å². The topological polar surface area (TPSA) is 0 Å². The first-order valence-electron chi connectivity index (χ1n) is 4.69. The predicted octanol–water partition coefficient (Wildman–Crippen LogP) is 3.58. The van der Waals surface area contributed by atoms with Gasteiger partial charge < -0.3 is 0 Å². The smallest absolute Gasteiger partial charge is 0.0168 e. The molecular formula is C12H18. The van der Waals surface area contributed by atoms with Gasteiger partial charge in [0.1, 0.15) is 0 Å². The minimum atomic E-state index is 0.624. The highest BCUT2D eigenvalue weighted by Crippen LogP contribution is 2.35. The van der Waals surface area contributed by atoms with Gasteiger partial charge in [-0.15, -0.1) is 19.7 Å². The van der Waals surface area contributed by atoms with Crippen molar-refractivity contribution in [2.75, 3.05) is 0 Å². The number of allylic oxidation sites excluding steroid dienone is 3. The highest BCUT2D eigenvalue weighted by molar-refractivity contribution is 4.99. The molecule has 0 aromatic heterocycles. The zero-order chi connectivity index (χ0) is 8.97. The Labute approximate surface area is 75.7 Å². The van der Waals surface area contributed by atoms with Crippen molar-refractivity contribution in [2.24, 2.45) is 17.8 Å². The second-order valence-electron chi connectivity index (χ2n) is 3.61. The zero-order valence-corrected chi connectivity index (χ0v) is 7.71. The summed E-state index contributed by atoms with van der Waals surface area (Å²) in [5.74, 6) is 1.97. The summed E-state index contributed by atoms with van der Waals surface area (Å²) in [6.07, 6.45) is 9.95. The molecule has 0 aromatic carbocycles. The number of rotatable bonds is 3. The van der Waals surface area contributed by atoms with E-state index < -0.39 is 0 Å². The first kappa shape index (κ1) is 9.31. The van der Waals surface area contributed by atoms with E-state index in [0.29, 0.717) is 17.8 Å². The molecular weight excluding hydrogens is 144 g/mol. The van der Waals surface area contributed by atoms with E-state index in [9.17, 15) is 0 Å². The standard InChI is InChI=1S/C12H18/c1-4-10-7-8-11(5-2)12(6-3)9-10/h4-6,10-12H,1-3,7-9H2/t10-,11-,12?/m0/s1. The summed E-state index contributed by atoms with van der Waals surface area (Å²) in [6, 6.07) is 0. The fourth-order valence-electron chi connectivity index (χ4n) is 2.04. The van der Waals surface area contributed by atoms with Crippen LogP contribution in [-0.2, 0) is 0 Å². The molecule has 1 aliphatic carbocycles. The Morgan fingerprint density at radius 1 is 0.833 bits per heavy atom. The van der Waals surface area contributed by atoms with Crippen molar-refractivity contribution >= 4 is 0 Å². The third-order valence-corrected chi connectivity index (χ3v) is 2.93. The minimum Gasteiger partial charge on any atom is -0.103 e. The van der Waals surface area contributed by atoms with Gasteiger partial charge in [0, 0.05) is 0 Å². The minimum absolute atomic E-state index is 0.624. The van der Waals surface area contributed by atoms with Gasteiger partial charge in [-0.1, -0.05) is 18.2 Å². The summed E-state index contributed by atoms with van der Waals surface area (Å²) in [5, 5.41) is 0. The maximum Gasteiger partial charge on any atom is -0.0168 e. The largest absolute Gasteiger partial charge is 0.103 e. The van der Waals surface area contributed by atoms with Gasteiger partial charge in [0.15, 0.2) is 0 Å². The average Bonchev–Trinajstić information content (AvgIpc) is 2.16. The van der Waals surface area contributed by atoms with Crippen molar-refractivity contribution in [2.45, 2.75) is 19.3 Å². The fourth-order valence-corrected chi connectivity index (χ4v) is 2.04. The third-order valence-electron chi connectivity index (χ3n) is 2.93. The van der Waals surface area contributed by atoms with E-state index in [4.69, 9.17) is 0 Å². The third kappa shape index (κ3) is 1.88. The molecule has 0 aliphatic heterocycles. The molecule has 0 amide bonds. The van der Waals surface area contributed by atoms with Crippen LogP contribution in [0.15, 0.2) is 38.0 Å². The van der Waals surface area contributed by atoms with Gasteiger partial charge in [-0.05, 0) is 37.0 Å². The molecule has 0 bridgehead atoms. The van der Waals surface area contributed by atoms with Crippen molar-refractivity contribution in [3.63, 3.8) is 0 Å². The highest BCUT2D eigenvalue weighted by Gasteiger charge is 2.24. The van der Waals surface area contributed by atoms with Gasteiger partial charge in [0.2, 0.25) is 0 Å². The van der Waals surface area contributed by atoms with Crippen LogP contribution in [0, 0.1) is 17.8 Å². The Morgan fingerprint density at radius 3 is 2.00 bits per heavy atom. The summed E-state index contributed by atoms with van der Waals surface area (Å²) in [7, 11) is 0. The molecule has 0 heteroatoms. The van der Waals surface area contributed by atoms with Crippen molar-refractivity contribution in [1.29, 1.82) is 0 Å². The van der Waals surface area contributed by atoms with E-state index >= 15 is 0 Å². The molecule has 0 aromatic rings. The number of hydrogen-bond donors (Lipinski definition) is 0. The van der Waals surface area contributed by atoms with Crippen LogP contribution in [0.2, 0.25) is 0 Å². The Bertz CT molecular complexity index is 178. The van der Waals surface area contributed by atoms with Crippen LogP contribution in [0.5, 0.6) is 0 Å². The van der Waals surface area contributed by atoms with Gasteiger partial charge in [-0.25, -0.2) is 0 Å². The maximum absolute atomic E-state index is 3.87. The summed E-state index contributed by atoms with van der Waals surface area (Å²) < 4.78 is 0. The Morgan fingerprint density at radius 2 is 1.50 bits per heavy atom. The molecule has 1 aliphatic rings. The molecule has 0 spiro atoms. The Kier molecular flexibility index (Phi) is 3.33. The molecule has 66 valence electrons. The SMILES string of the molecule is C=CC1C[C@@H](C=C)CC[C@@H]1C=C. The van der Waals surface area contributed by atoms with E-state index in [1.165, 1.54) is 19.3 Å². The fraction of sp³-hybridized carbons (Fsp3) is 0.500. The summed E-state index contributed by atoms with van der Waals surface area (Å²) in [4.78, 5) is 0. The van der Waals surface area contributed by atoms with Crippen LogP contribution < -0.4 is 0 Å². The summed E-state index contributed by atoms with van der Waals surface area (Å²) in [5.41, 5.74) is 0. The van der Waals surface area contributed by atoms with Crippen molar-refractivity contribution in [1.82, 2.24) is 0 Å². The summed E-state index contributed by atoms with van der Waals surface area (Å²) in [6.45, 7) is 11.6. The number of hydrogen-bond acceptors (Lipinski definition) is 0. The van der Waals surface area contributed by atoms with Gasteiger partial charge in [0.05, 0.1) is 0 Å². The molecule has 1 fully saturated rings. The molecule has 1 rings (SSSR count). The lowest BCUT2D eigenvalue weighted by atomic mass is 9.74. The van der Waals surface area contributed by atoms with Crippen molar-refractivity contribution in [3.05, 3.63) is 38.0 Å². The lowest BCUT2D eigenvalue weighted by Gasteiger charge is -2.31. The normalized spacial score (nSPS) is 35.5. The van der Waals surface area contributed by atoms with E-state index in [1.807, 2.05) is 0 Å². The highest BCUT2D eigenvalue weighted by atomic mass is 14.3. The second kappa shape index (κ2) is 4.30. The molecule has 1 saturated carbocycles. The molecule has 0 nitrogen and oxygen atoms in total. The zero-order valence-electron chi connectivity index (χ0n) is 7.71. The van der Waals surface area contributed by atoms with E-state index in [1.54, 1.807) is 0 Å². The van der Waals surface area contributed by atoms with Gasteiger partial charge in [-0.3, -0.25) is 0 Å². The predicted molar refractivity (Wildman–Crippen MR) is 54.9 cm³/mol. The Hall–Kier alpha value is -0.780. The van der Waals surface area contributed by atoms with E-state index in [0.717, 1.165) is 0 Å². The second-order valence-corrected chi connectivity index (χ2v) is 3.61. The van der Waals surface area contributed by atoms with Crippen LogP contribution in [0.4, 0.5) is 0 Å².